The van der Waals surface area contributed by atoms with Gasteiger partial charge in [-0.25, -0.2) is 0 Å². The first kappa shape index (κ1) is 15.5. The Kier molecular flexibility index (Phi) is 6.72. The van der Waals surface area contributed by atoms with Crippen LogP contribution in [0.2, 0.25) is 0 Å². The van der Waals surface area contributed by atoms with Gasteiger partial charge >= 0.3 is 0 Å². The number of hydrogen-bond donors (Lipinski definition) is 1. The monoisotopic (exact) mass is 313 g/mol. The Labute approximate surface area is 119 Å². The lowest BCUT2D eigenvalue weighted by Gasteiger charge is -2.20. The molecule has 0 aliphatic rings. The lowest BCUT2D eigenvalue weighted by atomic mass is 9.98. The van der Waals surface area contributed by atoms with Gasteiger partial charge in [-0.15, -0.1) is 0 Å². The molecule has 1 unspecified atom stereocenters. The number of ether oxygens (including phenoxy) is 1. The molecule has 0 saturated carbocycles. The van der Waals surface area contributed by atoms with Crippen LogP contribution in [-0.4, -0.2) is 14.2 Å². The largest absolute Gasteiger partial charge is 0.496 e. The molecule has 0 radical (unpaired) electrons. The fourth-order valence-corrected chi connectivity index (χ4v) is 2.53. The highest BCUT2D eigenvalue weighted by Crippen LogP contribution is 2.33. The maximum absolute atomic E-state index is 5.51. The van der Waals surface area contributed by atoms with Crippen molar-refractivity contribution in [2.75, 3.05) is 14.2 Å². The molecule has 0 heterocycles. The van der Waals surface area contributed by atoms with Gasteiger partial charge in [0.15, 0.2) is 0 Å². The summed E-state index contributed by atoms with van der Waals surface area (Å²) < 4.78 is 6.66. The normalized spacial score (nSPS) is 12.5. The van der Waals surface area contributed by atoms with Gasteiger partial charge in [0, 0.05) is 16.1 Å². The predicted octanol–water partition coefficient (Wildman–Crippen LogP) is 4.61. The summed E-state index contributed by atoms with van der Waals surface area (Å²) in [5.74, 6) is 0.978. The molecular formula is C15H24BrNO. The van der Waals surface area contributed by atoms with E-state index in [0.29, 0.717) is 6.04 Å². The van der Waals surface area contributed by atoms with E-state index in [-0.39, 0.29) is 0 Å². The Morgan fingerprint density at radius 3 is 2.61 bits per heavy atom. The zero-order chi connectivity index (χ0) is 13.5. The molecule has 1 atom stereocenters. The Morgan fingerprint density at radius 2 is 2.06 bits per heavy atom. The van der Waals surface area contributed by atoms with Crippen LogP contribution in [0.3, 0.4) is 0 Å². The molecule has 18 heavy (non-hydrogen) atoms. The molecule has 0 bridgehead atoms. The average Bonchev–Trinajstić information content (AvgIpc) is 2.38. The van der Waals surface area contributed by atoms with Crippen molar-refractivity contribution in [2.45, 2.75) is 45.6 Å². The van der Waals surface area contributed by atoms with Crippen LogP contribution in [0.1, 0.15) is 49.8 Å². The maximum Gasteiger partial charge on any atom is 0.123 e. The first-order chi connectivity index (χ1) is 8.63. The van der Waals surface area contributed by atoms with E-state index in [2.05, 4.69) is 47.2 Å². The second kappa shape index (κ2) is 7.80. The van der Waals surface area contributed by atoms with Gasteiger partial charge in [0.05, 0.1) is 7.11 Å². The van der Waals surface area contributed by atoms with Crippen molar-refractivity contribution in [1.29, 1.82) is 0 Å². The van der Waals surface area contributed by atoms with E-state index in [0.717, 1.165) is 16.6 Å². The predicted molar refractivity (Wildman–Crippen MR) is 81.4 cm³/mol. The zero-order valence-corrected chi connectivity index (χ0v) is 13.4. The summed E-state index contributed by atoms with van der Waals surface area (Å²) >= 11 is 3.61. The maximum atomic E-state index is 5.51. The number of hydrogen-bond acceptors (Lipinski definition) is 2. The van der Waals surface area contributed by atoms with Gasteiger partial charge < -0.3 is 10.1 Å². The molecule has 1 N–H and O–H groups in total. The molecule has 0 spiro atoms. The van der Waals surface area contributed by atoms with Crippen LogP contribution in [0.4, 0.5) is 0 Å². The molecule has 0 aliphatic heterocycles. The van der Waals surface area contributed by atoms with Gasteiger partial charge in [0.2, 0.25) is 0 Å². The van der Waals surface area contributed by atoms with Crippen molar-refractivity contribution in [2.24, 2.45) is 0 Å². The molecule has 1 aromatic rings. The van der Waals surface area contributed by atoms with E-state index in [1.54, 1.807) is 7.11 Å². The van der Waals surface area contributed by atoms with Crippen LogP contribution in [0.25, 0.3) is 0 Å². The molecule has 2 nitrogen and oxygen atoms in total. The number of nitrogens with one attached hydrogen (secondary N) is 1. The SMILES string of the molecule is CCCCCC(NC)c1cc(Br)c(C)cc1OC. The smallest absolute Gasteiger partial charge is 0.123 e. The molecule has 0 aliphatic carbocycles. The van der Waals surface area contributed by atoms with Gasteiger partial charge in [-0.3, -0.25) is 0 Å². The Balaban J connectivity index is 2.93. The molecule has 0 amide bonds. The lowest BCUT2D eigenvalue weighted by Crippen LogP contribution is -2.17. The average molecular weight is 314 g/mol. The molecule has 0 fully saturated rings. The van der Waals surface area contributed by atoms with Crippen molar-refractivity contribution < 1.29 is 4.74 Å². The molecule has 0 saturated heterocycles. The number of unbranched alkanes of at least 4 members (excludes halogenated alkanes) is 2. The van der Waals surface area contributed by atoms with E-state index in [1.807, 2.05) is 7.05 Å². The van der Waals surface area contributed by atoms with Crippen LogP contribution >= 0.6 is 15.9 Å². The number of benzene rings is 1. The van der Waals surface area contributed by atoms with Crippen molar-refractivity contribution in [3.05, 3.63) is 27.7 Å². The molecule has 3 heteroatoms. The number of methoxy groups -OCH3 is 1. The molecule has 1 aromatic carbocycles. The second-order valence-corrected chi connectivity index (χ2v) is 5.53. The summed E-state index contributed by atoms with van der Waals surface area (Å²) in [6.07, 6.45) is 4.94. The summed E-state index contributed by atoms with van der Waals surface area (Å²) in [6.45, 7) is 4.32. The fraction of sp³-hybridized carbons (Fsp3) is 0.600. The molecular weight excluding hydrogens is 290 g/mol. The fourth-order valence-electron chi connectivity index (χ4n) is 2.17. The van der Waals surface area contributed by atoms with E-state index < -0.39 is 0 Å². The quantitative estimate of drug-likeness (QED) is 0.742. The van der Waals surface area contributed by atoms with Gasteiger partial charge in [0.1, 0.15) is 5.75 Å². The van der Waals surface area contributed by atoms with E-state index in [1.165, 1.54) is 30.4 Å². The van der Waals surface area contributed by atoms with Gasteiger partial charge in [-0.1, -0.05) is 42.1 Å². The third-order valence-corrected chi connectivity index (χ3v) is 4.19. The standard InChI is InChI=1S/C15H24BrNO/c1-5-6-7-8-14(17-3)12-10-13(16)11(2)9-15(12)18-4/h9-10,14,17H,5-8H2,1-4H3. The lowest BCUT2D eigenvalue weighted by molar-refractivity contribution is 0.396. The highest BCUT2D eigenvalue weighted by Gasteiger charge is 2.15. The first-order valence-corrected chi connectivity index (χ1v) is 7.44. The van der Waals surface area contributed by atoms with Crippen LogP contribution < -0.4 is 10.1 Å². The van der Waals surface area contributed by atoms with E-state index in [9.17, 15) is 0 Å². The van der Waals surface area contributed by atoms with Crippen LogP contribution in [0.15, 0.2) is 16.6 Å². The van der Waals surface area contributed by atoms with E-state index in [4.69, 9.17) is 4.74 Å². The van der Waals surface area contributed by atoms with E-state index >= 15 is 0 Å². The zero-order valence-electron chi connectivity index (χ0n) is 11.8. The summed E-state index contributed by atoms with van der Waals surface area (Å²) in [6, 6.07) is 4.65. The summed E-state index contributed by atoms with van der Waals surface area (Å²) in [5.41, 5.74) is 2.45. The Morgan fingerprint density at radius 1 is 1.33 bits per heavy atom. The third-order valence-electron chi connectivity index (χ3n) is 3.33. The minimum atomic E-state index is 0.364. The van der Waals surface area contributed by atoms with Crippen molar-refractivity contribution in [3.63, 3.8) is 0 Å². The molecule has 102 valence electrons. The Bertz CT molecular complexity index is 379. The second-order valence-electron chi connectivity index (χ2n) is 4.68. The van der Waals surface area contributed by atoms with Crippen LogP contribution in [0.5, 0.6) is 5.75 Å². The van der Waals surface area contributed by atoms with Crippen molar-refractivity contribution >= 4 is 15.9 Å². The number of rotatable bonds is 7. The minimum absolute atomic E-state index is 0.364. The third kappa shape index (κ3) is 3.99. The van der Waals surface area contributed by atoms with Crippen molar-refractivity contribution in [3.8, 4) is 5.75 Å². The van der Waals surface area contributed by atoms with Crippen LogP contribution in [-0.2, 0) is 0 Å². The highest BCUT2D eigenvalue weighted by molar-refractivity contribution is 9.10. The summed E-state index contributed by atoms with van der Waals surface area (Å²) in [7, 11) is 3.76. The number of halogens is 1. The summed E-state index contributed by atoms with van der Waals surface area (Å²) in [5, 5.41) is 3.40. The van der Waals surface area contributed by atoms with Crippen molar-refractivity contribution in [1.82, 2.24) is 5.32 Å². The van der Waals surface area contributed by atoms with Gasteiger partial charge in [-0.05, 0) is 38.1 Å². The highest BCUT2D eigenvalue weighted by atomic mass is 79.9. The minimum Gasteiger partial charge on any atom is -0.496 e. The Hall–Kier alpha value is -0.540. The molecule has 1 rings (SSSR count). The van der Waals surface area contributed by atoms with Crippen LogP contribution in [0, 0.1) is 6.92 Å². The first-order valence-electron chi connectivity index (χ1n) is 6.65. The summed E-state index contributed by atoms with van der Waals surface area (Å²) in [4.78, 5) is 0. The molecule has 0 aromatic heterocycles. The van der Waals surface area contributed by atoms with Gasteiger partial charge in [-0.2, -0.15) is 0 Å². The topological polar surface area (TPSA) is 21.3 Å². The van der Waals surface area contributed by atoms with Gasteiger partial charge in [0.25, 0.3) is 0 Å². The number of aryl methyl sites for hydroxylation is 1.